The summed E-state index contributed by atoms with van der Waals surface area (Å²) in [4.78, 5) is 24.1. The van der Waals surface area contributed by atoms with Gasteiger partial charge in [0.05, 0.1) is 19.3 Å². The fraction of sp³-hybridized carbons (Fsp3) is 0.484. The minimum atomic E-state index is -0.848. The number of ether oxygens (including phenoxy) is 2. The third-order valence-corrected chi connectivity index (χ3v) is 7.11. The molecule has 10 N–H and O–H groups in total. The predicted octanol–water partition coefficient (Wildman–Crippen LogP) is 2.76. The predicted molar refractivity (Wildman–Crippen MR) is 177 cm³/mol. The minimum absolute atomic E-state index is 0.0428. The maximum Gasteiger partial charge on any atom is 0.280 e. The Hall–Kier alpha value is -3.75. The summed E-state index contributed by atoms with van der Waals surface area (Å²) >= 11 is 5.82. The van der Waals surface area contributed by atoms with Crippen LogP contribution in [0.5, 0.6) is 5.75 Å². The summed E-state index contributed by atoms with van der Waals surface area (Å²) in [5.41, 5.74) is 18.1. The van der Waals surface area contributed by atoms with Gasteiger partial charge in [-0.2, -0.15) is 0 Å². The molecule has 0 spiro atoms. The van der Waals surface area contributed by atoms with Gasteiger partial charge in [0, 0.05) is 6.54 Å². The number of benzene rings is 2. The highest BCUT2D eigenvalue weighted by Crippen LogP contribution is 2.23. The molecule has 3 aromatic rings. The number of halogens is 1. The van der Waals surface area contributed by atoms with Crippen LogP contribution in [0.4, 0.5) is 11.6 Å². The van der Waals surface area contributed by atoms with Crippen LogP contribution in [-0.2, 0) is 11.2 Å². The molecule has 2 aromatic carbocycles. The number of aliphatic imine (C=N–C) groups is 1. The minimum Gasteiger partial charge on any atom is -0.494 e. The van der Waals surface area contributed by atoms with Crippen LogP contribution in [-0.4, -0.2) is 77.3 Å². The standard InChI is InChI=1S/C31H45ClN8O5/c1-20(41)45-19-24(42)8-3-4-13-36-14-6-16-44-25-12-11-22-17-21(9-10-23(22)18-25)7-2-5-15-37-31(35)40-30(43)26-28(33)39-29(34)27(32)38-26/h9-12,17-18,20,24,36,41-42H,2-8,13-16,19H2,1H3,(H4,33,34,39)(H3,35,37,40,43). The molecule has 0 radical (unpaired) electrons. The van der Waals surface area contributed by atoms with Gasteiger partial charge in [-0.1, -0.05) is 35.9 Å². The topological polar surface area (TPSA) is 216 Å². The Morgan fingerprint density at radius 2 is 1.76 bits per heavy atom. The monoisotopic (exact) mass is 644 g/mol. The van der Waals surface area contributed by atoms with Crippen molar-refractivity contribution in [2.75, 3.05) is 44.3 Å². The van der Waals surface area contributed by atoms with Gasteiger partial charge in [-0.15, -0.1) is 0 Å². The number of nitrogens with one attached hydrogen (secondary N) is 2. The molecule has 3 rings (SSSR count). The van der Waals surface area contributed by atoms with E-state index in [2.05, 4.69) is 55.9 Å². The van der Waals surface area contributed by atoms with Crippen molar-refractivity contribution in [2.45, 2.75) is 64.3 Å². The fourth-order valence-corrected chi connectivity index (χ4v) is 4.59. The van der Waals surface area contributed by atoms with E-state index in [-0.39, 0.29) is 35.0 Å². The molecule has 0 bridgehead atoms. The van der Waals surface area contributed by atoms with E-state index in [9.17, 15) is 9.90 Å². The molecule has 1 heterocycles. The van der Waals surface area contributed by atoms with Crippen LogP contribution in [0.25, 0.3) is 10.8 Å². The molecule has 0 saturated carbocycles. The summed E-state index contributed by atoms with van der Waals surface area (Å²) in [6.45, 7) is 4.51. The molecule has 14 heteroatoms. The summed E-state index contributed by atoms with van der Waals surface area (Å²) in [6.07, 6.45) is 4.60. The molecule has 13 nitrogen and oxygen atoms in total. The number of rotatable bonds is 19. The van der Waals surface area contributed by atoms with Crippen molar-refractivity contribution >= 4 is 45.9 Å². The van der Waals surface area contributed by atoms with Crippen LogP contribution in [0.3, 0.4) is 0 Å². The van der Waals surface area contributed by atoms with E-state index in [1.807, 2.05) is 6.07 Å². The first-order valence-electron chi connectivity index (χ1n) is 15.2. The molecule has 45 heavy (non-hydrogen) atoms. The van der Waals surface area contributed by atoms with Crippen LogP contribution in [0, 0.1) is 0 Å². The first-order chi connectivity index (χ1) is 21.6. The molecule has 1 aromatic heterocycles. The summed E-state index contributed by atoms with van der Waals surface area (Å²) in [5, 5.41) is 26.8. The average Bonchev–Trinajstić information content (AvgIpc) is 3.00. The van der Waals surface area contributed by atoms with E-state index < -0.39 is 18.3 Å². The third-order valence-electron chi connectivity index (χ3n) is 6.83. The lowest BCUT2D eigenvalue weighted by atomic mass is 10.0. The van der Waals surface area contributed by atoms with Crippen LogP contribution < -0.4 is 32.6 Å². The van der Waals surface area contributed by atoms with Crippen molar-refractivity contribution in [3.8, 4) is 5.75 Å². The average molecular weight is 645 g/mol. The van der Waals surface area contributed by atoms with Crippen molar-refractivity contribution < 1.29 is 24.5 Å². The number of aliphatic hydroxyl groups excluding tert-OH is 2. The Balaban J connectivity index is 1.29. The third kappa shape index (κ3) is 13.0. The van der Waals surface area contributed by atoms with E-state index in [1.54, 1.807) is 0 Å². The zero-order valence-corrected chi connectivity index (χ0v) is 26.4. The number of amides is 1. The molecular weight excluding hydrogens is 600 g/mol. The van der Waals surface area contributed by atoms with E-state index in [0.717, 1.165) is 68.1 Å². The van der Waals surface area contributed by atoms with Crippen molar-refractivity contribution in [2.24, 2.45) is 10.7 Å². The van der Waals surface area contributed by atoms with Gasteiger partial charge >= 0.3 is 0 Å². The highest BCUT2D eigenvalue weighted by Gasteiger charge is 2.16. The molecule has 1 amide bonds. The Morgan fingerprint density at radius 1 is 1.00 bits per heavy atom. The second-order valence-electron chi connectivity index (χ2n) is 10.7. The summed E-state index contributed by atoms with van der Waals surface area (Å²) in [5.74, 6) is -0.0694. The van der Waals surface area contributed by atoms with Crippen molar-refractivity contribution in [3.63, 3.8) is 0 Å². The zero-order chi connectivity index (χ0) is 32.6. The molecule has 2 atom stereocenters. The number of hydrogen-bond donors (Lipinski definition) is 7. The number of carbonyl (C=O) groups excluding carboxylic acids is 1. The fourth-order valence-electron chi connectivity index (χ4n) is 4.46. The summed E-state index contributed by atoms with van der Waals surface area (Å²) < 4.78 is 10.9. The molecule has 0 aliphatic heterocycles. The molecule has 2 unspecified atom stereocenters. The number of carbonyl (C=O) groups is 1. The van der Waals surface area contributed by atoms with Crippen LogP contribution in [0.15, 0.2) is 41.4 Å². The second-order valence-corrected chi connectivity index (χ2v) is 11.0. The molecule has 0 aliphatic carbocycles. The maximum absolute atomic E-state index is 12.3. The molecule has 0 fully saturated rings. The largest absolute Gasteiger partial charge is 0.494 e. The summed E-state index contributed by atoms with van der Waals surface area (Å²) in [7, 11) is 0. The van der Waals surface area contributed by atoms with Gasteiger partial charge in [0.2, 0.25) is 0 Å². The van der Waals surface area contributed by atoms with E-state index in [1.165, 1.54) is 12.5 Å². The van der Waals surface area contributed by atoms with Gasteiger partial charge in [0.15, 0.2) is 34.7 Å². The lowest BCUT2D eigenvalue weighted by Crippen LogP contribution is -2.38. The van der Waals surface area contributed by atoms with Gasteiger partial charge in [-0.05, 0) is 93.4 Å². The zero-order valence-electron chi connectivity index (χ0n) is 25.7. The lowest BCUT2D eigenvalue weighted by Gasteiger charge is -2.12. The van der Waals surface area contributed by atoms with E-state index in [0.29, 0.717) is 19.6 Å². The maximum atomic E-state index is 12.3. The van der Waals surface area contributed by atoms with Crippen LogP contribution >= 0.6 is 11.6 Å². The van der Waals surface area contributed by atoms with Crippen LogP contribution in [0.2, 0.25) is 5.15 Å². The molecule has 0 aliphatic rings. The number of nitrogens with two attached hydrogens (primary N) is 3. The van der Waals surface area contributed by atoms with Gasteiger partial charge < -0.3 is 42.2 Å². The number of nitrogen functional groups attached to an aromatic ring is 2. The van der Waals surface area contributed by atoms with Gasteiger partial charge in [-0.25, -0.2) is 9.97 Å². The number of unbranched alkanes of at least 4 members (excludes halogenated alkanes) is 2. The van der Waals surface area contributed by atoms with Gasteiger partial charge in [-0.3, -0.25) is 15.1 Å². The number of fused-ring (bicyclic) bond motifs is 1. The number of guanidine groups is 1. The van der Waals surface area contributed by atoms with Crippen molar-refractivity contribution in [1.82, 2.24) is 20.6 Å². The number of aliphatic hydroxyl groups is 2. The van der Waals surface area contributed by atoms with E-state index in [4.69, 9.17) is 43.4 Å². The van der Waals surface area contributed by atoms with Crippen molar-refractivity contribution in [1.29, 1.82) is 0 Å². The number of anilines is 2. The first kappa shape index (κ1) is 35.7. The van der Waals surface area contributed by atoms with Gasteiger partial charge in [0.25, 0.3) is 5.91 Å². The number of hydrogen-bond acceptors (Lipinski definition) is 11. The Kier molecular flexibility index (Phi) is 15.0. The smallest absolute Gasteiger partial charge is 0.280 e. The number of aryl methyl sites for hydroxylation is 1. The second kappa shape index (κ2) is 18.9. The lowest BCUT2D eigenvalue weighted by molar-refractivity contribution is -0.110. The first-order valence-corrected chi connectivity index (χ1v) is 15.5. The Morgan fingerprint density at radius 3 is 2.56 bits per heavy atom. The normalized spacial score (nSPS) is 13.1. The van der Waals surface area contributed by atoms with Crippen LogP contribution in [0.1, 0.15) is 61.5 Å². The summed E-state index contributed by atoms with van der Waals surface area (Å²) in [6, 6.07) is 12.5. The molecule has 246 valence electrons. The number of nitrogens with zero attached hydrogens (tertiary/aromatic N) is 3. The van der Waals surface area contributed by atoms with Gasteiger partial charge in [0.1, 0.15) is 5.75 Å². The highest BCUT2D eigenvalue weighted by atomic mass is 35.5. The molecule has 0 saturated heterocycles. The number of aromatic nitrogens is 2. The van der Waals surface area contributed by atoms with Crippen molar-refractivity contribution in [3.05, 3.63) is 52.8 Å². The Bertz CT molecular complexity index is 1410. The highest BCUT2D eigenvalue weighted by molar-refractivity contribution is 6.31. The Labute approximate surface area is 268 Å². The SMILES string of the molecule is CC(O)OCC(O)CCCCNCCCOc1ccc2cc(CCCCN=C(N)NC(=O)c3nc(Cl)c(N)nc3N)ccc2c1. The van der Waals surface area contributed by atoms with E-state index >= 15 is 0 Å². The quantitative estimate of drug-likeness (QED) is 0.0435. The molecular formula is C31H45ClN8O5.